The molecule has 2 amide bonds. The molecule has 0 fully saturated rings. The minimum atomic E-state index is -4.71. The molecule has 0 saturated heterocycles. The van der Waals surface area contributed by atoms with Gasteiger partial charge < -0.3 is 20.7 Å². The van der Waals surface area contributed by atoms with Crippen molar-refractivity contribution in [3.05, 3.63) is 63.7 Å². The molecule has 0 aliphatic heterocycles. The number of alkyl halides is 3. The van der Waals surface area contributed by atoms with Crippen LogP contribution >= 0.6 is 0 Å². The van der Waals surface area contributed by atoms with Crippen LogP contribution in [0, 0.1) is 10.1 Å². The summed E-state index contributed by atoms with van der Waals surface area (Å²) >= 11 is 0. The molecule has 0 atom stereocenters. The Kier molecular flexibility index (Phi) is 8.38. The Morgan fingerprint density at radius 3 is 2.34 bits per heavy atom. The molecular formula is C20H21F3N4O5. The van der Waals surface area contributed by atoms with E-state index >= 15 is 0 Å². The largest absolute Gasteiger partial charge is 0.497 e. The molecule has 32 heavy (non-hydrogen) atoms. The van der Waals surface area contributed by atoms with E-state index in [0.717, 1.165) is 11.6 Å². The van der Waals surface area contributed by atoms with E-state index in [9.17, 15) is 32.9 Å². The van der Waals surface area contributed by atoms with E-state index in [1.54, 1.807) is 31.4 Å². The number of carbonyl (C=O) groups excluding carboxylic acids is 2. The average molecular weight is 454 g/mol. The Morgan fingerprint density at radius 2 is 1.75 bits per heavy atom. The number of ether oxygens (including phenoxy) is 1. The summed E-state index contributed by atoms with van der Waals surface area (Å²) in [6.07, 6.45) is -4.86. The van der Waals surface area contributed by atoms with Gasteiger partial charge in [-0.25, -0.2) is 0 Å². The molecule has 0 saturated carbocycles. The van der Waals surface area contributed by atoms with Crippen LogP contribution in [0.15, 0.2) is 42.5 Å². The van der Waals surface area contributed by atoms with E-state index in [4.69, 9.17) is 4.74 Å². The number of nitrogens with zero attached hydrogens (tertiary/aromatic N) is 1. The molecule has 172 valence electrons. The molecule has 12 heteroatoms. The van der Waals surface area contributed by atoms with E-state index in [-0.39, 0.29) is 31.7 Å². The highest BCUT2D eigenvalue weighted by Crippen LogP contribution is 2.34. The molecule has 0 aromatic heterocycles. The van der Waals surface area contributed by atoms with Crippen molar-refractivity contribution in [2.75, 3.05) is 25.5 Å². The van der Waals surface area contributed by atoms with E-state index < -0.39 is 34.2 Å². The maximum absolute atomic E-state index is 12.7. The van der Waals surface area contributed by atoms with Gasteiger partial charge in [-0.2, -0.15) is 13.2 Å². The van der Waals surface area contributed by atoms with Crippen LogP contribution in [-0.4, -0.2) is 36.9 Å². The first-order valence-corrected chi connectivity index (χ1v) is 9.36. The number of methoxy groups -OCH3 is 1. The van der Waals surface area contributed by atoms with Crippen molar-refractivity contribution in [3.8, 4) is 5.75 Å². The topological polar surface area (TPSA) is 123 Å². The number of rotatable bonds is 10. The molecule has 0 spiro atoms. The summed E-state index contributed by atoms with van der Waals surface area (Å²) in [5, 5.41) is 18.6. The monoisotopic (exact) mass is 454 g/mol. The van der Waals surface area contributed by atoms with Crippen molar-refractivity contribution in [1.29, 1.82) is 0 Å². The third-order valence-corrected chi connectivity index (χ3v) is 4.28. The van der Waals surface area contributed by atoms with Crippen molar-refractivity contribution in [1.82, 2.24) is 10.6 Å². The van der Waals surface area contributed by atoms with Gasteiger partial charge in [-0.05, 0) is 29.8 Å². The van der Waals surface area contributed by atoms with Gasteiger partial charge >= 0.3 is 6.18 Å². The van der Waals surface area contributed by atoms with Crippen molar-refractivity contribution in [3.63, 3.8) is 0 Å². The number of hydrogen-bond acceptors (Lipinski definition) is 6. The standard InChI is InChI=1S/C20H21F3N4O5/c1-32-15-5-2-13(3-6-15)11-25-19(29)12-26-18(28)8-9-24-16-7-4-14(20(21,22)23)10-17(16)27(30)31/h2-7,10,24H,8-9,11-12H2,1H3,(H,25,29)(H,26,28). The molecule has 0 radical (unpaired) electrons. The summed E-state index contributed by atoms with van der Waals surface area (Å²) in [5.74, 6) is -0.241. The predicted octanol–water partition coefficient (Wildman–Crippen LogP) is 2.86. The first-order chi connectivity index (χ1) is 15.1. The zero-order valence-corrected chi connectivity index (χ0v) is 17.0. The van der Waals surface area contributed by atoms with Crippen LogP contribution in [0.3, 0.4) is 0 Å². The van der Waals surface area contributed by atoms with Crippen molar-refractivity contribution >= 4 is 23.2 Å². The second kappa shape index (κ2) is 11.0. The number of anilines is 1. The lowest BCUT2D eigenvalue weighted by Crippen LogP contribution is -2.37. The Bertz CT molecular complexity index is 965. The molecule has 2 aromatic rings. The number of nitro groups is 1. The Balaban J connectivity index is 1.76. The summed E-state index contributed by atoms with van der Waals surface area (Å²) in [5.41, 5.74) is -1.20. The second-order valence-electron chi connectivity index (χ2n) is 6.57. The fraction of sp³-hybridized carbons (Fsp3) is 0.300. The first-order valence-electron chi connectivity index (χ1n) is 9.36. The third-order valence-electron chi connectivity index (χ3n) is 4.28. The molecule has 0 bridgehead atoms. The lowest BCUT2D eigenvalue weighted by Gasteiger charge is -2.11. The first kappa shape index (κ1) is 24.4. The zero-order chi connectivity index (χ0) is 23.7. The number of benzene rings is 2. The molecule has 0 aliphatic carbocycles. The highest BCUT2D eigenvalue weighted by molar-refractivity contribution is 5.84. The van der Waals surface area contributed by atoms with Crippen molar-refractivity contribution in [2.24, 2.45) is 0 Å². The van der Waals surface area contributed by atoms with Crippen molar-refractivity contribution < 1.29 is 32.4 Å². The lowest BCUT2D eigenvalue weighted by molar-refractivity contribution is -0.384. The molecule has 0 heterocycles. The molecular weight excluding hydrogens is 433 g/mol. The SMILES string of the molecule is COc1ccc(CNC(=O)CNC(=O)CCNc2ccc(C(F)(F)F)cc2[N+](=O)[O-])cc1. The minimum absolute atomic E-state index is 0.0779. The van der Waals surface area contributed by atoms with Crippen LogP contribution in [-0.2, 0) is 22.3 Å². The van der Waals surface area contributed by atoms with Gasteiger partial charge in [0, 0.05) is 25.6 Å². The maximum Gasteiger partial charge on any atom is 0.416 e. The number of hydrogen-bond donors (Lipinski definition) is 3. The maximum atomic E-state index is 12.7. The summed E-state index contributed by atoms with van der Waals surface area (Å²) < 4.78 is 43.2. The second-order valence-corrected chi connectivity index (χ2v) is 6.57. The zero-order valence-electron chi connectivity index (χ0n) is 17.0. The van der Waals surface area contributed by atoms with Gasteiger partial charge in [0.2, 0.25) is 11.8 Å². The Labute approximate surface area is 181 Å². The van der Waals surface area contributed by atoms with E-state index in [0.29, 0.717) is 17.9 Å². The predicted molar refractivity (Wildman–Crippen MR) is 109 cm³/mol. The van der Waals surface area contributed by atoms with E-state index in [1.165, 1.54) is 0 Å². The summed E-state index contributed by atoms with van der Waals surface area (Å²) in [7, 11) is 1.54. The highest BCUT2D eigenvalue weighted by atomic mass is 19.4. The van der Waals surface area contributed by atoms with Crippen LogP contribution < -0.4 is 20.7 Å². The molecule has 3 N–H and O–H groups in total. The fourth-order valence-corrected chi connectivity index (χ4v) is 2.59. The van der Waals surface area contributed by atoms with Crippen LogP contribution in [0.5, 0.6) is 5.75 Å². The Hall–Kier alpha value is -3.83. The quantitative estimate of drug-likeness (QED) is 0.375. The number of amides is 2. The number of halogens is 3. The van der Waals surface area contributed by atoms with Gasteiger partial charge in [-0.15, -0.1) is 0 Å². The average Bonchev–Trinajstić information content (AvgIpc) is 2.75. The molecule has 9 nitrogen and oxygen atoms in total. The Morgan fingerprint density at radius 1 is 1.06 bits per heavy atom. The lowest BCUT2D eigenvalue weighted by atomic mass is 10.1. The molecule has 2 aromatic carbocycles. The van der Waals surface area contributed by atoms with Gasteiger partial charge in [0.15, 0.2) is 0 Å². The van der Waals surface area contributed by atoms with Crippen LogP contribution in [0.1, 0.15) is 17.5 Å². The van der Waals surface area contributed by atoms with E-state index in [1.807, 2.05) is 0 Å². The van der Waals surface area contributed by atoms with Crippen molar-refractivity contribution in [2.45, 2.75) is 19.1 Å². The molecule has 0 aliphatic rings. The van der Waals surface area contributed by atoms with Gasteiger partial charge in [-0.1, -0.05) is 12.1 Å². The minimum Gasteiger partial charge on any atom is -0.497 e. The van der Waals surface area contributed by atoms with Gasteiger partial charge in [0.1, 0.15) is 11.4 Å². The van der Waals surface area contributed by atoms with Crippen LogP contribution in [0.25, 0.3) is 0 Å². The van der Waals surface area contributed by atoms with Gasteiger partial charge in [0.25, 0.3) is 5.69 Å². The summed E-state index contributed by atoms with van der Waals surface area (Å²) in [6.45, 7) is -0.0846. The van der Waals surface area contributed by atoms with Gasteiger partial charge in [0.05, 0.1) is 24.1 Å². The normalized spacial score (nSPS) is 10.9. The van der Waals surface area contributed by atoms with Crippen LogP contribution in [0.2, 0.25) is 0 Å². The third kappa shape index (κ3) is 7.45. The summed E-state index contributed by atoms with van der Waals surface area (Å²) in [4.78, 5) is 33.8. The fourth-order valence-electron chi connectivity index (χ4n) is 2.59. The van der Waals surface area contributed by atoms with Gasteiger partial charge in [-0.3, -0.25) is 19.7 Å². The smallest absolute Gasteiger partial charge is 0.416 e. The summed E-state index contributed by atoms with van der Waals surface area (Å²) in [6, 6.07) is 9.13. The van der Waals surface area contributed by atoms with E-state index in [2.05, 4.69) is 16.0 Å². The molecule has 2 rings (SSSR count). The van der Waals surface area contributed by atoms with Crippen LogP contribution in [0.4, 0.5) is 24.5 Å². The number of carbonyl (C=O) groups is 2. The highest BCUT2D eigenvalue weighted by Gasteiger charge is 2.33. The molecule has 0 unspecified atom stereocenters. The number of nitrogens with one attached hydrogen (secondary N) is 3. The number of nitro benzene ring substituents is 1.